The summed E-state index contributed by atoms with van der Waals surface area (Å²) in [7, 11) is 0. The Morgan fingerprint density at radius 2 is 2.38 bits per heavy atom. The van der Waals surface area contributed by atoms with E-state index in [1.54, 1.807) is 18.3 Å². The fourth-order valence-electron chi connectivity index (χ4n) is 1.48. The predicted molar refractivity (Wildman–Crippen MR) is 55.9 cm³/mol. The van der Waals surface area contributed by atoms with E-state index in [1.807, 2.05) is 0 Å². The van der Waals surface area contributed by atoms with Gasteiger partial charge in [-0.15, -0.1) is 0 Å². The van der Waals surface area contributed by atoms with Gasteiger partial charge in [0.05, 0.1) is 6.10 Å². The molecule has 3 N–H and O–H groups in total. The lowest BCUT2D eigenvalue weighted by molar-refractivity contribution is -0.387. The second kappa shape index (κ2) is 3.87. The maximum atomic E-state index is 10.6. The minimum absolute atomic E-state index is 0.0995. The Morgan fingerprint density at radius 3 is 3.00 bits per heavy atom. The fraction of sp³-hybridized carbons (Fsp3) is 0.222. The van der Waals surface area contributed by atoms with E-state index in [0.717, 1.165) is 0 Å². The number of hydrogen-bond donors (Lipinski definition) is 2. The van der Waals surface area contributed by atoms with Crippen molar-refractivity contribution >= 4 is 11.3 Å². The van der Waals surface area contributed by atoms with Crippen molar-refractivity contribution in [2.24, 2.45) is 5.73 Å². The first-order chi connectivity index (χ1) is 7.63. The molecule has 0 fully saturated rings. The molecule has 0 spiro atoms. The van der Waals surface area contributed by atoms with Crippen LogP contribution in [0.3, 0.4) is 0 Å². The van der Waals surface area contributed by atoms with Crippen molar-refractivity contribution in [1.29, 1.82) is 0 Å². The van der Waals surface area contributed by atoms with Crippen LogP contribution in [0.25, 0.3) is 5.52 Å². The van der Waals surface area contributed by atoms with Gasteiger partial charge in [-0.3, -0.25) is 4.40 Å². The molecule has 16 heavy (non-hydrogen) atoms. The van der Waals surface area contributed by atoms with Gasteiger partial charge in [0.1, 0.15) is 5.52 Å². The molecule has 7 heteroatoms. The quantitative estimate of drug-likeness (QED) is 0.571. The number of aliphatic hydroxyl groups is 1. The number of nitrogens with two attached hydrogens (primary N) is 1. The summed E-state index contributed by atoms with van der Waals surface area (Å²) >= 11 is 0. The van der Waals surface area contributed by atoms with Gasteiger partial charge in [-0.05, 0) is 21.5 Å². The normalized spacial score (nSPS) is 12.9. The zero-order valence-corrected chi connectivity index (χ0v) is 8.28. The summed E-state index contributed by atoms with van der Waals surface area (Å²) in [6.07, 6.45) is 2.14. The van der Waals surface area contributed by atoms with Crippen molar-refractivity contribution in [2.75, 3.05) is 6.54 Å². The van der Waals surface area contributed by atoms with Crippen LogP contribution in [0.5, 0.6) is 0 Å². The van der Waals surface area contributed by atoms with Crippen molar-refractivity contribution in [3.05, 3.63) is 40.3 Å². The summed E-state index contributed by atoms with van der Waals surface area (Å²) in [5, 5.41) is 20.1. The van der Waals surface area contributed by atoms with Crippen molar-refractivity contribution < 1.29 is 10.0 Å². The molecule has 0 aliphatic carbocycles. The van der Waals surface area contributed by atoms with E-state index in [4.69, 9.17) is 5.73 Å². The van der Waals surface area contributed by atoms with E-state index in [0.29, 0.717) is 11.1 Å². The zero-order chi connectivity index (χ0) is 11.7. The van der Waals surface area contributed by atoms with Crippen LogP contribution < -0.4 is 5.73 Å². The maximum absolute atomic E-state index is 10.6. The molecule has 0 aliphatic heterocycles. The lowest BCUT2D eigenvalue weighted by Gasteiger charge is -2.07. The molecule has 7 nitrogen and oxygen atoms in total. The summed E-state index contributed by atoms with van der Waals surface area (Å²) in [6.45, 7) is 0.0995. The highest BCUT2D eigenvalue weighted by atomic mass is 16.6. The van der Waals surface area contributed by atoms with Crippen LogP contribution in [0, 0.1) is 10.1 Å². The number of imidazole rings is 1. The zero-order valence-electron chi connectivity index (χ0n) is 8.28. The van der Waals surface area contributed by atoms with E-state index < -0.39 is 11.0 Å². The van der Waals surface area contributed by atoms with E-state index in [1.165, 1.54) is 10.7 Å². The molecule has 0 saturated heterocycles. The lowest BCUT2D eigenvalue weighted by atomic mass is 10.1. The smallest absolute Gasteiger partial charge is 0.387 e. The van der Waals surface area contributed by atoms with Crippen LogP contribution >= 0.6 is 0 Å². The summed E-state index contributed by atoms with van der Waals surface area (Å²) in [5.74, 6) is -0.200. The van der Waals surface area contributed by atoms with Gasteiger partial charge in [0, 0.05) is 12.7 Å². The number of aliphatic hydroxyl groups excluding tert-OH is 1. The van der Waals surface area contributed by atoms with E-state index in [9.17, 15) is 15.2 Å². The lowest BCUT2D eigenvalue weighted by Crippen LogP contribution is -2.11. The molecule has 0 radical (unpaired) electrons. The highest BCUT2D eigenvalue weighted by Crippen LogP contribution is 2.20. The largest absolute Gasteiger partial charge is 0.389 e. The summed E-state index contributed by atoms with van der Waals surface area (Å²) in [4.78, 5) is 13.7. The van der Waals surface area contributed by atoms with Crippen LogP contribution in [0.1, 0.15) is 11.7 Å². The summed E-state index contributed by atoms with van der Waals surface area (Å²) in [6, 6.07) is 3.14. The highest BCUT2D eigenvalue weighted by molar-refractivity contribution is 5.61. The second-order valence-electron chi connectivity index (χ2n) is 3.33. The number of nitrogens with zero attached hydrogens (tertiary/aromatic N) is 3. The molecule has 0 amide bonds. The number of nitro groups is 1. The van der Waals surface area contributed by atoms with Gasteiger partial charge in [0.25, 0.3) is 0 Å². The van der Waals surface area contributed by atoms with Gasteiger partial charge in [0.15, 0.2) is 0 Å². The van der Waals surface area contributed by atoms with Crippen LogP contribution in [-0.4, -0.2) is 26.0 Å². The van der Waals surface area contributed by atoms with Crippen molar-refractivity contribution in [1.82, 2.24) is 9.38 Å². The Balaban J connectivity index is 2.53. The monoisotopic (exact) mass is 222 g/mol. The van der Waals surface area contributed by atoms with E-state index >= 15 is 0 Å². The average Bonchev–Trinajstić information content (AvgIpc) is 2.70. The minimum Gasteiger partial charge on any atom is -0.387 e. The molecule has 0 bridgehead atoms. The molecule has 1 unspecified atom stereocenters. The molecule has 2 rings (SSSR count). The van der Waals surface area contributed by atoms with Crippen molar-refractivity contribution in [3.63, 3.8) is 0 Å². The molecular weight excluding hydrogens is 212 g/mol. The number of fused-ring (bicyclic) bond motifs is 1. The Labute approximate surface area is 90.3 Å². The van der Waals surface area contributed by atoms with Crippen molar-refractivity contribution in [3.8, 4) is 0 Å². The number of pyridine rings is 1. The van der Waals surface area contributed by atoms with Gasteiger partial charge in [-0.1, -0.05) is 6.07 Å². The Morgan fingerprint density at radius 1 is 1.62 bits per heavy atom. The summed E-state index contributed by atoms with van der Waals surface area (Å²) < 4.78 is 1.49. The Kier molecular flexibility index (Phi) is 2.55. The number of aromatic nitrogens is 2. The predicted octanol–water partition coefficient (Wildman–Crippen LogP) is 0.235. The topological polar surface area (TPSA) is 107 Å². The average molecular weight is 222 g/mol. The number of hydrogen-bond acceptors (Lipinski definition) is 5. The molecule has 0 saturated carbocycles. The summed E-state index contributed by atoms with van der Waals surface area (Å²) in [5.41, 5.74) is 6.30. The van der Waals surface area contributed by atoms with Crippen molar-refractivity contribution in [2.45, 2.75) is 6.10 Å². The SMILES string of the molecule is NCC(O)c1ccc2c([N+](=O)[O-])ncn2c1. The van der Waals surface area contributed by atoms with Gasteiger partial charge >= 0.3 is 5.82 Å². The Hall–Kier alpha value is -1.99. The highest BCUT2D eigenvalue weighted by Gasteiger charge is 2.16. The first-order valence-electron chi connectivity index (χ1n) is 4.62. The van der Waals surface area contributed by atoms with Gasteiger partial charge in [-0.25, -0.2) is 0 Å². The molecule has 2 aromatic rings. The molecule has 0 aromatic carbocycles. The van der Waals surface area contributed by atoms with Crippen LogP contribution in [-0.2, 0) is 0 Å². The third-order valence-corrected chi connectivity index (χ3v) is 2.31. The molecule has 1 atom stereocenters. The van der Waals surface area contributed by atoms with Crippen LogP contribution in [0.15, 0.2) is 24.7 Å². The number of rotatable bonds is 3. The van der Waals surface area contributed by atoms with Crippen LogP contribution in [0.2, 0.25) is 0 Å². The third kappa shape index (κ3) is 1.62. The molecule has 2 heterocycles. The molecule has 2 aromatic heterocycles. The van der Waals surface area contributed by atoms with Gasteiger partial charge < -0.3 is 21.0 Å². The van der Waals surface area contributed by atoms with Gasteiger partial charge in [-0.2, -0.15) is 0 Å². The third-order valence-electron chi connectivity index (χ3n) is 2.31. The van der Waals surface area contributed by atoms with E-state index in [-0.39, 0.29) is 12.4 Å². The standard InChI is InChI=1S/C9H10N4O3/c10-3-8(14)6-1-2-7-9(13(15)16)11-5-12(7)4-6/h1-2,4-5,8,14H,3,10H2. The second-order valence-corrected chi connectivity index (χ2v) is 3.33. The first-order valence-corrected chi connectivity index (χ1v) is 4.62. The van der Waals surface area contributed by atoms with Gasteiger partial charge in [0.2, 0.25) is 6.33 Å². The Bertz CT molecular complexity index is 537. The maximum Gasteiger partial charge on any atom is 0.389 e. The molecule has 84 valence electrons. The van der Waals surface area contributed by atoms with E-state index in [2.05, 4.69) is 4.98 Å². The fourth-order valence-corrected chi connectivity index (χ4v) is 1.48. The first kappa shape index (κ1) is 10.5. The molecular formula is C9H10N4O3. The molecule has 0 aliphatic rings. The van der Waals surface area contributed by atoms with Crippen LogP contribution in [0.4, 0.5) is 5.82 Å². The minimum atomic E-state index is -0.772.